The van der Waals surface area contributed by atoms with Crippen molar-refractivity contribution < 1.29 is 19.2 Å². The second kappa shape index (κ2) is 6.48. The highest BCUT2D eigenvalue weighted by atomic mass is 16.6. The van der Waals surface area contributed by atoms with Gasteiger partial charge in [-0.25, -0.2) is 4.79 Å². The third-order valence-corrected chi connectivity index (χ3v) is 3.54. The van der Waals surface area contributed by atoms with Crippen LogP contribution in [0.25, 0.3) is 0 Å². The minimum absolute atomic E-state index is 0.0845. The third-order valence-electron chi connectivity index (χ3n) is 3.54. The fraction of sp³-hybridized carbons (Fsp3) is 0.385. The zero-order valence-electron chi connectivity index (χ0n) is 13.5. The number of hydrogen-bond acceptors (Lipinski definition) is 7. The van der Waals surface area contributed by atoms with E-state index < -0.39 is 22.8 Å². The highest BCUT2D eigenvalue weighted by molar-refractivity contribution is 6.01. The average molecular weight is 336 g/mol. The standard InChI is InChI=1S/C13H16N6O5/c1-7-10(19(22)23)6-15-18(7)8(2)12(20)16-9-5-14-17(3)11(9)13(21)24-4/h5-6,8H,1-4H3,(H,16,20). The molecule has 0 aliphatic heterocycles. The van der Waals surface area contributed by atoms with Crippen LogP contribution in [0.2, 0.25) is 0 Å². The minimum atomic E-state index is -0.829. The SMILES string of the molecule is COC(=O)c1c(NC(=O)C(C)n2ncc([N+](=O)[O-])c2C)cnn1C. The second-order valence-electron chi connectivity index (χ2n) is 5.00. The number of methoxy groups -OCH3 is 1. The summed E-state index contributed by atoms with van der Waals surface area (Å²) in [6.07, 6.45) is 2.40. The van der Waals surface area contributed by atoms with Gasteiger partial charge in [0.05, 0.1) is 23.9 Å². The fourth-order valence-electron chi connectivity index (χ4n) is 2.20. The van der Waals surface area contributed by atoms with E-state index >= 15 is 0 Å². The Hall–Kier alpha value is -3.24. The Labute approximate surface area is 136 Å². The minimum Gasteiger partial charge on any atom is -0.464 e. The maximum absolute atomic E-state index is 12.4. The summed E-state index contributed by atoms with van der Waals surface area (Å²) in [7, 11) is 2.75. The molecule has 0 aliphatic rings. The van der Waals surface area contributed by atoms with Crippen molar-refractivity contribution in [1.29, 1.82) is 0 Å². The Bertz CT molecular complexity index is 808. The molecular weight excluding hydrogens is 320 g/mol. The number of nitro groups is 1. The van der Waals surface area contributed by atoms with Gasteiger partial charge in [-0.15, -0.1) is 0 Å². The molecule has 0 aromatic carbocycles. The molecule has 1 amide bonds. The molecule has 11 heteroatoms. The van der Waals surface area contributed by atoms with E-state index in [0.717, 1.165) is 6.20 Å². The quantitative estimate of drug-likeness (QED) is 0.485. The Morgan fingerprint density at radius 3 is 2.58 bits per heavy atom. The van der Waals surface area contributed by atoms with Crippen LogP contribution < -0.4 is 5.32 Å². The fourth-order valence-corrected chi connectivity index (χ4v) is 2.20. The van der Waals surface area contributed by atoms with Gasteiger partial charge in [-0.3, -0.25) is 24.3 Å². The number of nitrogens with one attached hydrogen (secondary N) is 1. The molecule has 2 rings (SSSR count). The van der Waals surface area contributed by atoms with Gasteiger partial charge in [0.2, 0.25) is 5.91 Å². The smallest absolute Gasteiger partial charge is 0.358 e. The first-order valence-corrected chi connectivity index (χ1v) is 6.87. The van der Waals surface area contributed by atoms with Gasteiger partial charge in [0.15, 0.2) is 5.69 Å². The van der Waals surface area contributed by atoms with E-state index in [1.165, 1.54) is 43.6 Å². The molecule has 2 aromatic rings. The summed E-state index contributed by atoms with van der Waals surface area (Å²) >= 11 is 0. The van der Waals surface area contributed by atoms with Crippen LogP contribution in [0.1, 0.15) is 29.1 Å². The molecule has 128 valence electrons. The number of rotatable bonds is 5. The summed E-state index contributed by atoms with van der Waals surface area (Å²) in [6.45, 7) is 3.03. The first-order valence-electron chi connectivity index (χ1n) is 6.87. The zero-order chi connectivity index (χ0) is 18.0. The monoisotopic (exact) mass is 336 g/mol. The summed E-state index contributed by atoms with van der Waals surface area (Å²) in [5, 5.41) is 21.2. The topological polar surface area (TPSA) is 134 Å². The number of ether oxygens (including phenoxy) is 1. The Balaban J connectivity index is 2.25. The van der Waals surface area contributed by atoms with Crippen molar-refractivity contribution in [1.82, 2.24) is 19.6 Å². The van der Waals surface area contributed by atoms with Crippen LogP contribution in [0.4, 0.5) is 11.4 Å². The third kappa shape index (κ3) is 2.95. The number of aryl methyl sites for hydroxylation is 1. The van der Waals surface area contributed by atoms with Crippen LogP contribution in [0.15, 0.2) is 12.4 Å². The van der Waals surface area contributed by atoms with E-state index in [-0.39, 0.29) is 22.8 Å². The van der Waals surface area contributed by atoms with Crippen molar-refractivity contribution in [2.45, 2.75) is 19.9 Å². The van der Waals surface area contributed by atoms with Gasteiger partial charge in [0.25, 0.3) is 0 Å². The number of hydrogen-bond donors (Lipinski definition) is 1. The maximum Gasteiger partial charge on any atom is 0.358 e. The van der Waals surface area contributed by atoms with Crippen molar-refractivity contribution >= 4 is 23.3 Å². The largest absolute Gasteiger partial charge is 0.464 e. The van der Waals surface area contributed by atoms with Crippen LogP contribution in [-0.4, -0.2) is 43.5 Å². The predicted molar refractivity (Wildman–Crippen MR) is 81.5 cm³/mol. The van der Waals surface area contributed by atoms with Crippen LogP contribution in [0.5, 0.6) is 0 Å². The molecule has 2 aromatic heterocycles. The van der Waals surface area contributed by atoms with Gasteiger partial charge in [-0.2, -0.15) is 10.2 Å². The second-order valence-corrected chi connectivity index (χ2v) is 5.00. The lowest BCUT2D eigenvalue weighted by Crippen LogP contribution is -2.26. The van der Waals surface area contributed by atoms with E-state index in [9.17, 15) is 19.7 Å². The van der Waals surface area contributed by atoms with E-state index in [1.54, 1.807) is 0 Å². The molecule has 0 saturated heterocycles. The Kier molecular flexibility index (Phi) is 4.62. The molecule has 0 saturated carbocycles. The highest BCUT2D eigenvalue weighted by Gasteiger charge is 2.26. The molecule has 1 N–H and O–H groups in total. The van der Waals surface area contributed by atoms with Crippen molar-refractivity contribution in [2.24, 2.45) is 7.05 Å². The van der Waals surface area contributed by atoms with Crippen LogP contribution in [-0.2, 0) is 16.6 Å². The molecule has 0 bridgehead atoms. The molecule has 1 atom stereocenters. The van der Waals surface area contributed by atoms with Crippen molar-refractivity contribution in [3.63, 3.8) is 0 Å². The molecule has 0 aliphatic carbocycles. The number of aromatic nitrogens is 4. The van der Waals surface area contributed by atoms with Crippen LogP contribution >= 0.6 is 0 Å². The highest BCUT2D eigenvalue weighted by Crippen LogP contribution is 2.22. The molecule has 0 spiro atoms. The lowest BCUT2D eigenvalue weighted by Gasteiger charge is -2.14. The van der Waals surface area contributed by atoms with E-state index in [2.05, 4.69) is 20.3 Å². The molecule has 0 radical (unpaired) electrons. The predicted octanol–water partition coefficient (Wildman–Crippen LogP) is 0.820. The normalized spacial score (nSPS) is 11.8. The lowest BCUT2D eigenvalue weighted by atomic mass is 10.2. The first kappa shape index (κ1) is 17.1. The van der Waals surface area contributed by atoms with Gasteiger partial charge in [-0.05, 0) is 13.8 Å². The van der Waals surface area contributed by atoms with Gasteiger partial charge < -0.3 is 10.1 Å². The molecule has 1 unspecified atom stereocenters. The average Bonchev–Trinajstić information content (AvgIpc) is 3.09. The van der Waals surface area contributed by atoms with E-state index in [4.69, 9.17) is 0 Å². The Morgan fingerprint density at radius 2 is 2.04 bits per heavy atom. The summed E-state index contributed by atoms with van der Waals surface area (Å²) in [4.78, 5) is 34.4. The number of carbonyl (C=O) groups excluding carboxylic acids is 2. The van der Waals surface area contributed by atoms with Gasteiger partial charge >= 0.3 is 11.7 Å². The molecule has 24 heavy (non-hydrogen) atoms. The zero-order valence-corrected chi connectivity index (χ0v) is 13.5. The first-order chi connectivity index (χ1) is 11.3. The summed E-state index contributed by atoms with van der Waals surface area (Å²) in [5.41, 5.74) is 0.343. The molecule has 0 fully saturated rings. The molecular formula is C13H16N6O5. The van der Waals surface area contributed by atoms with E-state index in [1.807, 2.05) is 0 Å². The molecule has 11 nitrogen and oxygen atoms in total. The maximum atomic E-state index is 12.4. The van der Waals surface area contributed by atoms with Crippen molar-refractivity contribution in [3.05, 3.63) is 33.9 Å². The van der Waals surface area contributed by atoms with Gasteiger partial charge in [0, 0.05) is 7.05 Å². The van der Waals surface area contributed by atoms with Gasteiger partial charge in [-0.1, -0.05) is 0 Å². The number of carbonyl (C=O) groups is 2. The van der Waals surface area contributed by atoms with Crippen molar-refractivity contribution in [3.8, 4) is 0 Å². The van der Waals surface area contributed by atoms with E-state index in [0.29, 0.717) is 0 Å². The number of anilines is 1. The van der Waals surface area contributed by atoms with Crippen LogP contribution in [0, 0.1) is 17.0 Å². The number of nitrogens with zero attached hydrogens (tertiary/aromatic N) is 5. The van der Waals surface area contributed by atoms with Crippen LogP contribution in [0.3, 0.4) is 0 Å². The lowest BCUT2D eigenvalue weighted by molar-refractivity contribution is -0.385. The van der Waals surface area contributed by atoms with Gasteiger partial charge in [0.1, 0.15) is 17.9 Å². The summed E-state index contributed by atoms with van der Waals surface area (Å²) in [5.74, 6) is -1.15. The molecule has 2 heterocycles. The Morgan fingerprint density at radius 1 is 1.38 bits per heavy atom. The number of esters is 1. The summed E-state index contributed by atoms with van der Waals surface area (Å²) in [6, 6.07) is -0.829. The summed E-state index contributed by atoms with van der Waals surface area (Å²) < 4.78 is 7.16. The number of amides is 1. The van der Waals surface area contributed by atoms with Crippen molar-refractivity contribution in [2.75, 3.05) is 12.4 Å².